The van der Waals surface area contributed by atoms with E-state index in [4.69, 9.17) is 15.4 Å². The Kier molecular flexibility index (Phi) is 4.95. The maximum Gasteiger partial charge on any atom is 0.412 e. The van der Waals surface area contributed by atoms with Crippen LogP contribution >= 0.6 is 0 Å². The number of nitriles is 1. The largest absolute Gasteiger partial charge is 0.444 e. The summed E-state index contributed by atoms with van der Waals surface area (Å²) in [6.45, 7) is 9.36. The third-order valence-electron chi connectivity index (χ3n) is 5.25. The summed E-state index contributed by atoms with van der Waals surface area (Å²) in [6, 6.07) is 6.34. The van der Waals surface area contributed by atoms with Crippen LogP contribution in [0.2, 0.25) is 0 Å². The van der Waals surface area contributed by atoms with E-state index in [1.165, 1.54) is 12.1 Å². The zero-order valence-corrected chi connectivity index (χ0v) is 17.1. The highest BCUT2D eigenvalue weighted by Crippen LogP contribution is 2.41. The number of carbonyl (C=O) groups excluding carboxylic acids is 1. The lowest BCUT2D eigenvalue weighted by molar-refractivity contribution is 0.0636. The summed E-state index contributed by atoms with van der Waals surface area (Å²) in [5, 5.41) is 20.3. The van der Waals surface area contributed by atoms with Crippen LogP contribution in [0.1, 0.15) is 51.7 Å². The summed E-state index contributed by atoms with van der Waals surface area (Å²) in [7, 11) is 0. The van der Waals surface area contributed by atoms with Crippen LogP contribution in [-0.2, 0) is 16.7 Å². The van der Waals surface area contributed by atoms with Crippen LogP contribution in [0.4, 0.5) is 14.9 Å². The number of halogens is 1. The molecule has 2 N–H and O–H groups in total. The van der Waals surface area contributed by atoms with Crippen LogP contribution in [0.3, 0.4) is 0 Å². The molecule has 2 atom stereocenters. The molecular weight excluding hydrogens is 373 g/mol. The van der Waals surface area contributed by atoms with Gasteiger partial charge in [-0.25, -0.2) is 14.2 Å². The fourth-order valence-corrected chi connectivity index (χ4v) is 3.59. The van der Waals surface area contributed by atoms with Gasteiger partial charge in [0.15, 0.2) is 11.5 Å². The Bertz CT molecular complexity index is 1030. The van der Waals surface area contributed by atoms with E-state index in [1.807, 2.05) is 19.9 Å². The van der Waals surface area contributed by atoms with E-state index in [2.05, 4.69) is 10.3 Å². The number of benzene rings is 1. The number of hydrogen-bond donors (Lipinski definition) is 2. The highest BCUT2D eigenvalue weighted by molar-refractivity contribution is 5.99. The van der Waals surface area contributed by atoms with Crippen LogP contribution in [0.25, 0.3) is 0 Å². The number of amides is 1. The van der Waals surface area contributed by atoms with Crippen molar-refractivity contribution < 1.29 is 13.9 Å². The Morgan fingerprint density at radius 3 is 2.79 bits per heavy atom. The molecule has 0 radical (unpaired) electrons. The van der Waals surface area contributed by atoms with E-state index in [0.29, 0.717) is 23.6 Å². The quantitative estimate of drug-likeness (QED) is 0.792. The molecule has 3 rings (SSSR count). The summed E-state index contributed by atoms with van der Waals surface area (Å²) >= 11 is 0. The maximum atomic E-state index is 14.9. The van der Waals surface area contributed by atoms with Gasteiger partial charge in [-0.2, -0.15) is 5.26 Å². The van der Waals surface area contributed by atoms with Crippen molar-refractivity contribution in [2.24, 2.45) is 5.92 Å². The van der Waals surface area contributed by atoms with Crippen molar-refractivity contribution in [3.05, 3.63) is 47.3 Å². The van der Waals surface area contributed by atoms with Gasteiger partial charge in [0.2, 0.25) is 0 Å². The molecular formula is C21H24FN5O2. The molecule has 1 aliphatic heterocycles. The molecule has 1 aliphatic rings. The van der Waals surface area contributed by atoms with Gasteiger partial charge in [0, 0.05) is 29.8 Å². The predicted molar refractivity (Wildman–Crippen MR) is 107 cm³/mol. The second-order valence-corrected chi connectivity index (χ2v) is 8.56. The van der Waals surface area contributed by atoms with E-state index in [-0.39, 0.29) is 17.3 Å². The number of nitrogens with one attached hydrogen (secondary N) is 2. The molecule has 8 heteroatoms. The van der Waals surface area contributed by atoms with Gasteiger partial charge in [-0.1, -0.05) is 13.8 Å². The minimum atomic E-state index is -0.771. The van der Waals surface area contributed by atoms with Crippen LogP contribution in [0.15, 0.2) is 24.4 Å². The number of anilines is 1. The van der Waals surface area contributed by atoms with Crippen molar-refractivity contribution in [3.63, 3.8) is 0 Å². The molecule has 1 aromatic carbocycles. The summed E-state index contributed by atoms with van der Waals surface area (Å²) in [5.74, 6) is -0.351. The number of imidazole rings is 1. The maximum absolute atomic E-state index is 14.9. The molecule has 2 unspecified atom stereocenters. The molecule has 1 amide bonds. The first-order valence-corrected chi connectivity index (χ1v) is 9.31. The van der Waals surface area contributed by atoms with Crippen LogP contribution < -0.4 is 5.32 Å². The first kappa shape index (κ1) is 20.5. The van der Waals surface area contributed by atoms with Crippen LogP contribution in [0.5, 0.6) is 0 Å². The number of nitrogens with zero attached hydrogens (tertiary/aromatic N) is 3. The smallest absolute Gasteiger partial charge is 0.412 e. The van der Waals surface area contributed by atoms with E-state index in [0.717, 1.165) is 0 Å². The van der Waals surface area contributed by atoms with Gasteiger partial charge in [-0.15, -0.1) is 0 Å². The molecule has 0 aliphatic carbocycles. The molecule has 2 aromatic rings. The Labute approximate surface area is 169 Å². The van der Waals surface area contributed by atoms with Crippen LogP contribution in [-0.4, -0.2) is 27.0 Å². The topological polar surface area (TPSA) is 104 Å². The van der Waals surface area contributed by atoms with Gasteiger partial charge in [-0.05, 0) is 44.5 Å². The number of rotatable bonds is 2. The lowest BCUT2D eigenvalue weighted by atomic mass is 9.68. The molecule has 29 heavy (non-hydrogen) atoms. The summed E-state index contributed by atoms with van der Waals surface area (Å²) in [4.78, 5) is 16.3. The first-order valence-electron chi connectivity index (χ1n) is 9.31. The van der Waals surface area contributed by atoms with E-state index in [9.17, 15) is 9.18 Å². The second kappa shape index (κ2) is 6.99. The van der Waals surface area contributed by atoms with Crippen molar-refractivity contribution in [1.82, 2.24) is 9.55 Å². The zero-order chi connectivity index (χ0) is 21.6. The molecule has 0 bridgehead atoms. The highest BCUT2D eigenvalue weighted by atomic mass is 19.1. The predicted octanol–water partition coefficient (Wildman–Crippen LogP) is 4.22. The highest BCUT2D eigenvalue weighted by Gasteiger charge is 2.43. The van der Waals surface area contributed by atoms with Crippen molar-refractivity contribution in [1.29, 1.82) is 10.7 Å². The van der Waals surface area contributed by atoms with Crippen molar-refractivity contribution in [2.75, 3.05) is 5.32 Å². The molecule has 7 nitrogen and oxygen atoms in total. The Balaban J connectivity index is 1.98. The lowest BCUT2D eigenvalue weighted by Gasteiger charge is -2.41. The molecule has 0 spiro atoms. The molecule has 0 saturated carbocycles. The van der Waals surface area contributed by atoms with Gasteiger partial charge in [-0.3, -0.25) is 5.32 Å². The third-order valence-corrected chi connectivity index (χ3v) is 5.25. The van der Waals surface area contributed by atoms with E-state index >= 15 is 0 Å². The summed E-state index contributed by atoms with van der Waals surface area (Å²) < 4.78 is 21.8. The molecule has 2 heterocycles. The van der Waals surface area contributed by atoms with Crippen molar-refractivity contribution in [2.45, 2.75) is 52.2 Å². The van der Waals surface area contributed by atoms with Crippen LogP contribution in [0, 0.1) is 28.5 Å². The van der Waals surface area contributed by atoms with Gasteiger partial charge in [0.05, 0.1) is 5.71 Å². The lowest BCUT2D eigenvalue weighted by Crippen LogP contribution is -2.45. The summed E-state index contributed by atoms with van der Waals surface area (Å²) in [5.41, 5.74) is -0.173. The number of ether oxygens (including phenoxy) is 1. The second-order valence-electron chi connectivity index (χ2n) is 8.56. The van der Waals surface area contributed by atoms with E-state index in [1.54, 1.807) is 37.6 Å². The third kappa shape index (κ3) is 3.86. The number of carbonyl (C=O) groups is 1. The molecule has 1 aromatic heterocycles. The van der Waals surface area contributed by atoms with Gasteiger partial charge >= 0.3 is 6.09 Å². The van der Waals surface area contributed by atoms with Gasteiger partial charge in [0.25, 0.3) is 0 Å². The van der Waals surface area contributed by atoms with E-state index < -0.39 is 22.9 Å². The molecule has 0 saturated heterocycles. The molecule has 152 valence electrons. The van der Waals surface area contributed by atoms with Crippen molar-refractivity contribution >= 4 is 17.5 Å². The summed E-state index contributed by atoms with van der Waals surface area (Å²) in [6.07, 6.45) is 0.953. The number of hydrogen-bond acceptors (Lipinski definition) is 5. The standard InChI is InChI=1S/C21H24FN5O2/c1-12-17(24)18-25-14(9-23)10-27(18)11-21(12,5)15-8-13(6-7-16(15)22)26-19(28)29-20(2,3)4/h6-8,10,12,24H,11H2,1-5H3,(H,26,28). The minimum absolute atomic E-state index is 0.224. The Hall–Kier alpha value is -3.21. The molecule has 0 fully saturated rings. The average molecular weight is 397 g/mol. The number of aromatic nitrogens is 2. The number of fused-ring (bicyclic) bond motifs is 1. The zero-order valence-electron chi connectivity index (χ0n) is 17.1. The monoisotopic (exact) mass is 397 g/mol. The van der Waals surface area contributed by atoms with Gasteiger partial charge < -0.3 is 14.7 Å². The van der Waals surface area contributed by atoms with Crippen molar-refractivity contribution in [3.8, 4) is 6.07 Å². The fraction of sp³-hybridized carbons (Fsp3) is 0.429. The average Bonchev–Trinajstić information content (AvgIpc) is 3.02. The normalized spacial score (nSPS) is 21.3. The fourth-order valence-electron chi connectivity index (χ4n) is 3.59. The Morgan fingerprint density at radius 2 is 2.17 bits per heavy atom. The van der Waals surface area contributed by atoms with Gasteiger partial charge in [0.1, 0.15) is 17.5 Å². The first-order chi connectivity index (χ1) is 13.4. The Morgan fingerprint density at radius 1 is 1.48 bits per heavy atom. The minimum Gasteiger partial charge on any atom is -0.444 e. The SMILES string of the molecule is CC1C(=N)c2nc(C#N)cn2CC1(C)c1cc(NC(=O)OC(C)(C)C)ccc1F.